The lowest BCUT2D eigenvalue weighted by atomic mass is 10.2. The van der Waals surface area contributed by atoms with Crippen LogP contribution in [-0.2, 0) is 0 Å². The van der Waals surface area contributed by atoms with E-state index in [9.17, 15) is 15.2 Å². The molecule has 0 aromatic carbocycles. The number of aromatic nitrogens is 5. The van der Waals surface area contributed by atoms with E-state index in [1.54, 1.807) is 35.1 Å². The molecule has 5 heterocycles. The third kappa shape index (κ3) is 3.97. The molecule has 1 saturated heterocycles. The molecule has 1 aliphatic carbocycles. The molecule has 6 rings (SSSR count). The van der Waals surface area contributed by atoms with Gasteiger partial charge in [-0.05, 0) is 38.0 Å². The molecule has 0 atom stereocenters. The molecule has 0 spiro atoms. The third-order valence-electron chi connectivity index (χ3n) is 6.44. The Morgan fingerprint density at radius 3 is 2.67 bits per heavy atom. The number of thiazole rings is 1. The van der Waals surface area contributed by atoms with E-state index >= 15 is 0 Å². The summed E-state index contributed by atoms with van der Waals surface area (Å²) in [4.78, 5) is 32.9. The molecule has 36 heavy (non-hydrogen) atoms. The summed E-state index contributed by atoms with van der Waals surface area (Å²) in [5.41, 5.74) is 2.93. The first-order chi connectivity index (χ1) is 17.5. The number of H-pyrrole nitrogens is 1. The lowest BCUT2D eigenvalue weighted by molar-refractivity contribution is 0.455. The first-order valence-corrected chi connectivity index (χ1v) is 12.5. The zero-order chi connectivity index (χ0) is 24.8. The molecule has 11 nitrogen and oxygen atoms in total. The standard InChI is InChI=1S/C24H23N9O2S/c1-14-19(31-7-9-32(10-8-31)21-15(12-25)3-2-6-26-21)29-22-16(11-18-23(34)30-24(35)36-18)13-27-33(22)20(14)28-17-4-5-17/h2-3,6,11,13,17,34H,4-5,7-10H2,1H3,(H,30,35)/b16-11+,28-20?. The predicted octanol–water partition coefficient (Wildman–Crippen LogP) is 0.697. The number of pyridine rings is 1. The molecule has 1 saturated carbocycles. The van der Waals surface area contributed by atoms with Crippen LogP contribution in [-0.4, -0.2) is 61.9 Å². The predicted molar refractivity (Wildman–Crippen MR) is 135 cm³/mol. The highest BCUT2D eigenvalue weighted by atomic mass is 32.1. The van der Waals surface area contributed by atoms with Crippen LogP contribution in [0, 0.1) is 18.3 Å². The van der Waals surface area contributed by atoms with Gasteiger partial charge in [-0.2, -0.15) is 14.9 Å². The van der Waals surface area contributed by atoms with E-state index in [0.29, 0.717) is 59.3 Å². The van der Waals surface area contributed by atoms with E-state index in [2.05, 4.69) is 30.9 Å². The molecule has 182 valence electrons. The van der Waals surface area contributed by atoms with Crippen molar-refractivity contribution in [2.24, 2.45) is 4.99 Å². The molecule has 12 heteroatoms. The van der Waals surface area contributed by atoms with Crippen molar-refractivity contribution in [3.63, 3.8) is 0 Å². The van der Waals surface area contributed by atoms with E-state index in [-0.39, 0.29) is 10.8 Å². The van der Waals surface area contributed by atoms with E-state index < -0.39 is 0 Å². The van der Waals surface area contributed by atoms with Crippen LogP contribution in [0.1, 0.15) is 28.8 Å². The lowest BCUT2D eigenvalue weighted by Crippen LogP contribution is -2.48. The van der Waals surface area contributed by atoms with Crippen LogP contribution in [0.4, 0.5) is 11.6 Å². The number of rotatable bonds is 4. The number of hydrogen-bond acceptors (Lipinski definition) is 10. The van der Waals surface area contributed by atoms with Crippen LogP contribution in [0.5, 0.6) is 5.88 Å². The molecule has 0 radical (unpaired) electrons. The summed E-state index contributed by atoms with van der Waals surface area (Å²) in [6.07, 6.45) is 7.24. The molecule has 1 aliphatic heterocycles. The number of piperazine rings is 1. The Morgan fingerprint density at radius 2 is 2.00 bits per heavy atom. The highest BCUT2D eigenvalue weighted by Gasteiger charge is 2.25. The molecule has 2 N–H and O–H groups in total. The Hall–Kier alpha value is -4.24. The first kappa shape index (κ1) is 22.2. The fourth-order valence-electron chi connectivity index (χ4n) is 4.44. The smallest absolute Gasteiger partial charge is 0.307 e. The van der Waals surface area contributed by atoms with Crippen LogP contribution in [0.3, 0.4) is 0 Å². The Labute approximate surface area is 209 Å². The Morgan fingerprint density at radius 1 is 1.25 bits per heavy atom. The Kier molecular flexibility index (Phi) is 5.41. The minimum absolute atomic E-state index is 0.165. The van der Waals surface area contributed by atoms with Crippen molar-refractivity contribution in [2.45, 2.75) is 25.8 Å². The van der Waals surface area contributed by atoms with Crippen LogP contribution in [0.25, 0.3) is 11.7 Å². The van der Waals surface area contributed by atoms with E-state index in [4.69, 9.17) is 9.98 Å². The van der Waals surface area contributed by atoms with Gasteiger partial charge in [0.05, 0.1) is 22.7 Å². The van der Waals surface area contributed by atoms with E-state index in [0.717, 1.165) is 41.0 Å². The Balaban J connectivity index is 1.41. The van der Waals surface area contributed by atoms with Crippen molar-refractivity contribution >= 4 is 34.7 Å². The van der Waals surface area contributed by atoms with Crippen LogP contribution in [0.15, 0.2) is 34.3 Å². The van der Waals surface area contributed by atoms with Crippen molar-refractivity contribution in [3.05, 3.63) is 60.9 Å². The first-order valence-electron chi connectivity index (χ1n) is 11.7. The van der Waals surface area contributed by atoms with Gasteiger partial charge in [-0.15, -0.1) is 0 Å². The van der Waals surface area contributed by atoms with Crippen LogP contribution < -0.4 is 25.4 Å². The molecular weight excluding hydrogens is 478 g/mol. The highest BCUT2D eigenvalue weighted by molar-refractivity contribution is 7.10. The topological polar surface area (TPSA) is 139 Å². The van der Waals surface area contributed by atoms with Crippen molar-refractivity contribution < 1.29 is 5.11 Å². The second-order valence-corrected chi connectivity index (χ2v) is 9.93. The molecule has 4 aromatic heterocycles. The number of nitriles is 1. The molecule has 2 fully saturated rings. The molecule has 4 aromatic rings. The van der Waals surface area contributed by atoms with E-state index in [1.807, 2.05) is 6.92 Å². The van der Waals surface area contributed by atoms with Gasteiger partial charge in [-0.1, -0.05) is 11.3 Å². The molecule has 2 aliphatic rings. The normalized spacial score (nSPS) is 17.2. The summed E-state index contributed by atoms with van der Waals surface area (Å²) >= 11 is 0.933. The molecule has 0 amide bonds. The second-order valence-electron chi connectivity index (χ2n) is 8.91. The minimum Gasteiger partial charge on any atom is -0.493 e. The molecular formula is C24H23N9O2S. The number of anilines is 2. The summed E-state index contributed by atoms with van der Waals surface area (Å²) in [5, 5.41) is 24.8. The number of aromatic hydroxyl groups is 1. The zero-order valence-corrected chi connectivity index (χ0v) is 20.4. The van der Waals surface area contributed by atoms with Crippen molar-refractivity contribution in [1.82, 2.24) is 24.6 Å². The quantitative estimate of drug-likeness (QED) is 0.417. The maximum absolute atomic E-state index is 11.7. The summed E-state index contributed by atoms with van der Waals surface area (Å²) < 4.78 is 1.75. The summed E-state index contributed by atoms with van der Waals surface area (Å²) in [5.74, 6) is 1.38. The lowest BCUT2D eigenvalue weighted by Gasteiger charge is -2.36. The maximum atomic E-state index is 11.7. The Bertz CT molecular complexity index is 1690. The van der Waals surface area contributed by atoms with Gasteiger partial charge in [0.2, 0.25) is 5.88 Å². The maximum Gasteiger partial charge on any atom is 0.307 e. The summed E-state index contributed by atoms with van der Waals surface area (Å²) in [6.45, 7) is 4.85. The number of nitrogens with one attached hydrogen (secondary N) is 1. The number of aromatic amines is 1. The van der Waals surface area contributed by atoms with E-state index in [1.165, 1.54) is 0 Å². The average molecular weight is 502 g/mol. The van der Waals surface area contributed by atoms with Gasteiger partial charge in [0.15, 0.2) is 11.1 Å². The fourth-order valence-corrected chi connectivity index (χ4v) is 5.12. The van der Waals surface area contributed by atoms with Gasteiger partial charge in [0.25, 0.3) is 0 Å². The van der Waals surface area contributed by atoms with Crippen molar-refractivity contribution in [2.75, 3.05) is 36.0 Å². The van der Waals surface area contributed by atoms with Gasteiger partial charge in [0.1, 0.15) is 17.7 Å². The zero-order valence-electron chi connectivity index (χ0n) is 19.5. The van der Waals surface area contributed by atoms with Crippen LogP contribution >= 0.6 is 11.3 Å². The fraction of sp³-hybridized carbons (Fsp3) is 0.333. The number of nitrogens with zero attached hydrogens (tertiary/aromatic N) is 8. The second kappa shape index (κ2) is 8.76. The SMILES string of the molecule is Cc1c(N2CCN(c3ncccc3C#N)CC2)nc2/c(=C/c3sc(=O)[nH]c3O)cnn2c1=NC1CC1. The number of hydrogen-bond donors (Lipinski definition) is 2. The highest BCUT2D eigenvalue weighted by Crippen LogP contribution is 2.25. The average Bonchev–Trinajstić information content (AvgIpc) is 3.54. The third-order valence-corrected chi connectivity index (χ3v) is 7.25. The van der Waals surface area contributed by atoms with Gasteiger partial charge >= 0.3 is 4.87 Å². The van der Waals surface area contributed by atoms with Gasteiger partial charge in [0, 0.05) is 43.2 Å². The van der Waals surface area contributed by atoms with Gasteiger partial charge < -0.3 is 14.9 Å². The van der Waals surface area contributed by atoms with Gasteiger partial charge in [-0.25, -0.2) is 9.97 Å². The summed E-state index contributed by atoms with van der Waals surface area (Å²) in [7, 11) is 0. The van der Waals surface area contributed by atoms with Crippen molar-refractivity contribution in [3.8, 4) is 11.9 Å². The minimum atomic E-state index is -0.325. The summed E-state index contributed by atoms with van der Waals surface area (Å²) in [6, 6.07) is 6.09. The van der Waals surface area contributed by atoms with Crippen LogP contribution in [0.2, 0.25) is 0 Å². The van der Waals surface area contributed by atoms with Crippen molar-refractivity contribution in [1.29, 1.82) is 5.26 Å². The molecule has 0 bridgehead atoms. The molecule has 0 unspecified atom stereocenters. The number of fused-ring (bicyclic) bond motifs is 1. The van der Waals surface area contributed by atoms with Gasteiger partial charge in [-0.3, -0.25) is 14.8 Å². The monoisotopic (exact) mass is 501 g/mol. The largest absolute Gasteiger partial charge is 0.493 e.